The molecule has 1 amide bonds. The van der Waals surface area contributed by atoms with Crippen molar-refractivity contribution in [3.05, 3.63) is 40.1 Å². The number of carbonyl (C=O) groups excluding carboxylic acids is 1. The van der Waals surface area contributed by atoms with Gasteiger partial charge >= 0.3 is 0 Å². The molecular formula is C14H19N5O2. The van der Waals surface area contributed by atoms with Gasteiger partial charge in [0.1, 0.15) is 5.69 Å². The van der Waals surface area contributed by atoms with Crippen LogP contribution in [-0.4, -0.2) is 43.5 Å². The zero-order valence-corrected chi connectivity index (χ0v) is 12.2. The first-order valence-corrected chi connectivity index (χ1v) is 7.09. The number of likely N-dealkylation sites (tertiary alicyclic amines) is 1. The summed E-state index contributed by atoms with van der Waals surface area (Å²) < 4.78 is 3.10. The molecule has 2 aromatic rings. The monoisotopic (exact) mass is 289 g/mol. The maximum Gasteiger partial charge on any atom is 0.274 e. The Bertz CT molecular complexity index is 711. The molecule has 0 aliphatic carbocycles. The summed E-state index contributed by atoms with van der Waals surface area (Å²) in [6, 6.07) is 3.36. The standard InChI is InChI=1S/C14H19N5O2/c1-17-7-5-11(15-17)14(21)19-6-3-4-10(9-19)12-8-13(20)18(2)16-12/h5,7-8,10,16H,3-4,6,9H2,1-2H3/t10-/m1/s1. The molecule has 1 fully saturated rings. The number of nitrogens with one attached hydrogen (secondary N) is 1. The average molecular weight is 289 g/mol. The van der Waals surface area contributed by atoms with Crippen molar-refractivity contribution in [2.75, 3.05) is 13.1 Å². The lowest BCUT2D eigenvalue weighted by atomic mass is 9.95. The largest absolute Gasteiger partial charge is 0.337 e. The van der Waals surface area contributed by atoms with E-state index in [0.717, 1.165) is 25.1 Å². The Balaban J connectivity index is 1.76. The summed E-state index contributed by atoms with van der Waals surface area (Å²) in [4.78, 5) is 25.8. The molecule has 1 saturated heterocycles. The van der Waals surface area contributed by atoms with E-state index in [0.29, 0.717) is 12.2 Å². The molecule has 2 aromatic heterocycles. The average Bonchev–Trinajstić information content (AvgIpc) is 3.05. The fourth-order valence-electron chi connectivity index (χ4n) is 2.83. The molecule has 7 heteroatoms. The number of aryl methyl sites for hydroxylation is 2. The minimum atomic E-state index is -0.0434. The van der Waals surface area contributed by atoms with Gasteiger partial charge in [0.15, 0.2) is 0 Å². The molecule has 0 spiro atoms. The van der Waals surface area contributed by atoms with E-state index in [9.17, 15) is 9.59 Å². The van der Waals surface area contributed by atoms with E-state index in [1.165, 1.54) is 4.68 Å². The fourth-order valence-corrected chi connectivity index (χ4v) is 2.83. The molecule has 1 N–H and O–H groups in total. The summed E-state index contributed by atoms with van der Waals surface area (Å²) >= 11 is 0. The van der Waals surface area contributed by atoms with Crippen LogP contribution < -0.4 is 5.56 Å². The topological polar surface area (TPSA) is 75.9 Å². The Morgan fingerprint density at radius 2 is 2.24 bits per heavy atom. The molecule has 0 aromatic carbocycles. The summed E-state index contributed by atoms with van der Waals surface area (Å²) in [6.07, 6.45) is 3.68. The molecule has 21 heavy (non-hydrogen) atoms. The molecule has 3 heterocycles. The molecule has 1 aliphatic heterocycles. The molecule has 1 aliphatic rings. The van der Waals surface area contributed by atoms with Gasteiger partial charge in [-0.25, -0.2) is 0 Å². The predicted molar refractivity (Wildman–Crippen MR) is 77.1 cm³/mol. The SMILES string of the molecule is Cn1ccc(C(=O)N2CCC[C@@H](c3cc(=O)n(C)[nH]3)C2)n1. The van der Waals surface area contributed by atoms with E-state index in [4.69, 9.17) is 0 Å². The second kappa shape index (κ2) is 5.23. The third kappa shape index (κ3) is 2.63. The second-order valence-electron chi connectivity index (χ2n) is 5.57. The second-order valence-corrected chi connectivity index (χ2v) is 5.57. The number of hydrogen-bond acceptors (Lipinski definition) is 3. The Morgan fingerprint density at radius 1 is 1.43 bits per heavy atom. The van der Waals surface area contributed by atoms with Gasteiger partial charge in [-0.3, -0.25) is 24.1 Å². The number of hydrogen-bond donors (Lipinski definition) is 1. The van der Waals surface area contributed by atoms with Gasteiger partial charge in [-0.1, -0.05) is 0 Å². The number of nitrogens with zero attached hydrogens (tertiary/aromatic N) is 4. The van der Waals surface area contributed by atoms with E-state index in [-0.39, 0.29) is 17.4 Å². The zero-order valence-electron chi connectivity index (χ0n) is 12.2. The lowest BCUT2D eigenvalue weighted by Gasteiger charge is -2.31. The van der Waals surface area contributed by atoms with Crippen LogP contribution in [0.4, 0.5) is 0 Å². The quantitative estimate of drug-likeness (QED) is 0.873. The van der Waals surface area contributed by atoms with Crippen LogP contribution in [0.3, 0.4) is 0 Å². The number of H-pyrrole nitrogens is 1. The van der Waals surface area contributed by atoms with Crippen LogP contribution in [0.25, 0.3) is 0 Å². The Hall–Kier alpha value is -2.31. The summed E-state index contributed by atoms with van der Waals surface area (Å²) in [5.41, 5.74) is 1.33. The van der Waals surface area contributed by atoms with Crippen LogP contribution in [0.5, 0.6) is 0 Å². The summed E-state index contributed by atoms with van der Waals surface area (Å²) in [5.74, 6) is 0.138. The highest BCUT2D eigenvalue weighted by molar-refractivity contribution is 5.92. The molecule has 0 saturated carbocycles. The zero-order chi connectivity index (χ0) is 15.0. The maximum absolute atomic E-state index is 12.4. The predicted octanol–water partition coefficient (Wildman–Crippen LogP) is 0.467. The number of aromatic nitrogens is 4. The highest BCUT2D eigenvalue weighted by Gasteiger charge is 2.27. The molecule has 112 valence electrons. The normalized spacial score (nSPS) is 19.0. The highest BCUT2D eigenvalue weighted by atomic mass is 16.2. The van der Waals surface area contributed by atoms with E-state index in [1.54, 1.807) is 37.1 Å². The van der Waals surface area contributed by atoms with Gasteiger partial charge < -0.3 is 4.90 Å². The minimum absolute atomic E-state index is 0.0430. The number of amides is 1. The minimum Gasteiger partial charge on any atom is -0.337 e. The van der Waals surface area contributed by atoms with Crippen molar-refractivity contribution in [2.45, 2.75) is 18.8 Å². The van der Waals surface area contributed by atoms with Gasteiger partial charge in [0.2, 0.25) is 0 Å². The first kappa shape index (κ1) is 13.7. The van der Waals surface area contributed by atoms with Gasteiger partial charge in [-0.05, 0) is 18.9 Å². The molecule has 0 radical (unpaired) electrons. The lowest BCUT2D eigenvalue weighted by Crippen LogP contribution is -2.39. The summed E-state index contributed by atoms with van der Waals surface area (Å²) in [6.45, 7) is 1.36. The van der Waals surface area contributed by atoms with Gasteiger partial charge in [-0.2, -0.15) is 5.10 Å². The first-order valence-electron chi connectivity index (χ1n) is 7.09. The summed E-state index contributed by atoms with van der Waals surface area (Å²) in [5, 5.41) is 7.23. The summed E-state index contributed by atoms with van der Waals surface area (Å²) in [7, 11) is 3.50. The van der Waals surface area contributed by atoms with Crippen LogP contribution in [0.2, 0.25) is 0 Å². The Morgan fingerprint density at radius 3 is 2.86 bits per heavy atom. The third-order valence-electron chi connectivity index (χ3n) is 3.99. The van der Waals surface area contributed by atoms with Crippen molar-refractivity contribution in [1.29, 1.82) is 0 Å². The van der Waals surface area contributed by atoms with E-state index >= 15 is 0 Å². The number of carbonyl (C=O) groups is 1. The van der Waals surface area contributed by atoms with Crippen molar-refractivity contribution in [3.63, 3.8) is 0 Å². The van der Waals surface area contributed by atoms with Crippen molar-refractivity contribution < 1.29 is 4.79 Å². The van der Waals surface area contributed by atoms with Gasteiger partial charge in [-0.15, -0.1) is 0 Å². The lowest BCUT2D eigenvalue weighted by molar-refractivity contribution is 0.0699. The van der Waals surface area contributed by atoms with Crippen molar-refractivity contribution in [2.24, 2.45) is 14.1 Å². The molecule has 0 unspecified atom stereocenters. The van der Waals surface area contributed by atoms with E-state index < -0.39 is 0 Å². The maximum atomic E-state index is 12.4. The van der Waals surface area contributed by atoms with Crippen LogP contribution in [0.1, 0.15) is 34.9 Å². The number of piperidine rings is 1. The Kier molecular flexibility index (Phi) is 3.40. The highest BCUT2D eigenvalue weighted by Crippen LogP contribution is 2.25. The molecular weight excluding hydrogens is 270 g/mol. The molecule has 3 rings (SSSR count). The first-order chi connectivity index (χ1) is 10.0. The number of aromatic amines is 1. The van der Waals surface area contributed by atoms with Gasteiger partial charge in [0.25, 0.3) is 11.5 Å². The van der Waals surface area contributed by atoms with Crippen LogP contribution in [0, 0.1) is 0 Å². The van der Waals surface area contributed by atoms with Crippen LogP contribution in [0.15, 0.2) is 23.1 Å². The molecule has 7 nitrogen and oxygen atoms in total. The molecule has 1 atom stereocenters. The fraction of sp³-hybridized carbons (Fsp3) is 0.500. The van der Waals surface area contributed by atoms with Crippen molar-refractivity contribution >= 4 is 5.91 Å². The number of rotatable bonds is 2. The van der Waals surface area contributed by atoms with Crippen LogP contribution >= 0.6 is 0 Å². The molecule has 0 bridgehead atoms. The van der Waals surface area contributed by atoms with Gasteiger partial charge in [0.05, 0.1) is 0 Å². The van der Waals surface area contributed by atoms with Gasteiger partial charge in [0, 0.05) is 51.1 Å². The van der Waals surface area contributed by atoms with Crippen molar-refractivity contribution in [3.8, 4) is 0 Å². The smallest absolute Gasteiger partial charge is 0.274 e. The van der Waals surface area contributed by atoms with E-state index in [1.807, 2.05) is 4.90 Å². The Labute approximate surface area is 122 Å². The van der Waals surface area contributed by atoms with Crippen LogP contribution in [-0.2, 0) is 14.1 Å². The third-order valence-corrected chi connectivity index (χ3v) is 3.99. The van der Waals surface area contributed by atoms with E-state index in [2.05, 4.69) is 10.2 Å². The van der Waals surface area contributed by atoms with Crippen molar-refractivity contribution in [1.82, 2.24) is 24.5 Å².